The van der Waals surface area contributed by atoms with Gasteiger partial charge in [0.15, 0.2) is 0 Å². The molecule has 0 saturated carbocycles. The third-order valence-corrected chi connectivity index (χ3v) is 3.25. The molecule has 2 rings (SSSR count). The van der Waals surface area contributed by atoms with Crippen molar-refractivity contribution in [1.82, 2.24) is 5.32 Å². The third kappa shape index (κ3) is 3.32. The molecule has 0 radical (unpaired) electrons. The van der Waals surface area contributed by atoms with E-state index >= 15 is 0 Å². The van der Waals surface area contributed by atoms with Crippen LogP contribution in [0.4, 0.5) is 0 Å². The maximum absolute atomic E-state index is 12.0. The first-order valence-corrected chi connectivity index (χ1v) is 6.34. The summed E-state index contributed by atoms with van der Waals surface area (Å²) in [4.78, 5) is 22.9. The highest BCUT2D eigenvalue weighted by molar-refractivity contribution is 5.97. The number of rotatable bonds is 4. The fourth-order valence-electron chi connectivity index (χ4n) is 2.17. The van der Waals surface area contributed by atoms with Crippen LogP contribution in [0.15, 0.2) is 24.3 Å². The van der Waals surface area contributed by atoms with Crippen molar-refractivity contribution >= 4 is 11.9 Å². The van der Waals surface area contributed by atoms with Gasteiger partial charge in [-0.2, -0.15) is 0 Å². The molecule has 0 unspecified atom stereocenters. The SMILES string of the molecule is C[C@@H](NC(=O)c1cccc(C(=O)O)c1)[C@@H]1CCCO1. The Bertz CT molecular complexity index is 480. The van der Waals surface area contributed by atoms with Gasteiger partial charge in [0, 0.05) is 12.2 Å². The second kappa shape index (κ2) is 5.84. The zero-order valence-electron chi connectivity index (χ0n) is 10.8. The summed E-state index contributed by atoms with van der Waals surface area (Å²) in [6, 6.07) is 5.92. The molecular formula is C14H17NO4. The Hall–Kier alpha value is -1.88. The Morgan fingerprint density at radius 3 is 2.79 bits per heavy atom. The van der Waals surface area contributed by atoms with Crippen LogP contribution < -0.4 is 5.32 Å². The maximum atomic E-state index is 12.0. The monoisotopic (exact) mass is 263 g/mol. The molecule has 1 aromatic carbocycles. The second-order valence-corrected chi connectivity index (χ2v) is 4.70. The van der Waals surface area contributed by atoms with Gasteiger partial charge in [0.05, 0.1) is 17.7 Å². The smallest absolute Gasteiger partial charge is 0.335 e. The zero-order valence-corrected chi connectivity index (χ0v) is 10.8. The summed E-state index contributed by atoms with van der Waals surface area (Å²) in [6.45, 7) is 2.63. The predicted molar refractivity (Wildman–Crippen MR) is 69.3 cm³/mol. The van der Waals surface area contributed by atoms with Crippen molar-refractivity contribution in [3.63, 3.8) is 0 Å². The van der Waals surface area contributed by atoms with Crippen LogP contribution >= 0.6 is 0 Å². The van der Waals surface area contributed by atoms with E-state index in [0.717, 1.165) is 19.4 Å². The van der Waals surface area contributed by atoms with Crippen molar-refractivity contribution in [3.05, 3.63) is 35.4 Å². The van der Waals surface area contributed by atoms with Crippen LogP contribution in [-0.2, 0) is 4.74 Å². The molecule has 1 aliphatic rings. The molecule has 0 bridgehead atoms. The van der Waals surface area contributed by atoms with Crippen molar-refractivity contribution in [1.29, 1.82) is 0 Å². The van der Waals surface area contributed by atoms with Crippen LogP contribution in [0, 0.1) is 0 Å². The number of amides is 1. The Morgan fingerprint density at radius 2 is 2.16 bits per heavy atom. The Balaban J connectivity index is 2.02. The quantitative estimate of drug-likeness (QED) is 0.866. The molecule has 1 amide bonds. The van der Waals surface area contributed by atoms with Gasteiger partial charge in [0.2, 0.25) is 0 Å². The van der Waals surface area contributed by atoms with Crippen LogP contribution in [0.25, 0.3) is 0 Å². The number of benzene rings is 1. The fraction of sp³-hybridized carbons (Fsp3) is 0.429. The molecule has 5 heteroatoms. The van der Waals surface area contributed by atoms with E-state index in [1.165, 1.54) is 12.1 Å². The van der Waals surface area contributed by atoms with Gasteiger partial charge in [-0.1, -0.05) is 6.07 Å². The fourth-order valence-corrected chi connectivity index (χ4v) is 2.17. The van der Waals surface area contributed by atoms with E-state index in [1.54, 1.807) is 12.1 Å². The number of ether oxygens (including phenoxy) is 1. The summed E-state index contributed by atoms with van der Waals surface area (Å²) in [5.41, 5.74) is 0.460. The molecule has 1 fully saturated rings. The molecule has 19 heavy (non-hydrogen) atoms. The first-order chi connectivity index (χ1) is 9.08. The average molecular weight is 263 g/mol. The average Bonchev–Trinajstić information content (AvgIpc) is 2.92. The van der Waals surface area contributed by atoms with Gasteiger partial charge < -0.3 is 15.2 Å². The lowest BCUT2D eigenvalue weighted by Gasteiger charge is -2.20. The lowest BCUT2D eigenvalue weighted by molar-refractivity contribution is 0.0696. The van der Waals surface area contributed by atoms with E-state index in [4.69, 9.17) is 9.84 Å². The first kappa shape index (κ1) is 13.5. The first-order valence-electron chi connectivity index (χ1n) is 6.34. The standard InChI is InChI=1S/C14H17NO4/c1-9(12-6-3-7-19-12)15-13(16)10-4-2-5-11(8-10)14(17)18/h2,4-5,8-9,12H,3,6-7H2,1H3,(H,15,16)(H,17,18)/t9-,12+/m1/s1. The zero-order chi connectivity index (χ0) is 13.8. The van der Waals surface area contributed by atoms with Crippen LogP contribution in [0.5, 0.6) is 0 Å². The summed E-state index contributed by atoms with van der Waals surface area (Å²) in [7, 11) is 0. The molecule has 0 aliphatic carbocycles. The van der Waals surface area contributed by atoms with E-state index in [0.29, 0.717) is 5.56 Å². The van der Waals surface area contributed by atoms with Crippen molar-refractivity contribution in [2.75, 3.05) is 6.61 Å². The minimum absolute atomic E-state index is 0.0478. The second-order valence-electron chi connectivity index (χ2n) is 4.70. The van der Waals surface area contributed by atoms with Crippen molar-refractivity contribution in [3.8, 4) is 0 Å². The summed E-state index contributed by atoms with van der Waals surface area (Å²) in [6.07, 6.45) is 2.00. The number of carboxylic acids is 1. The Morgan fingerprint density at radius 1 is 1.42 bits per heavy atom. The van der Waals surface area contributed by atoms with Gasteiger partial charge in [0.1, 0.15) is 0 Å². The van der Waals surface area contributed by atoms with E-state index in [9.17, 15) is 9.59 Å². The highest BCUT2D eigenvalue weighted by Crippen LogP contribution is 2.16. The Labute approximate surface area is 111 Å². The predicted octanol–water partition coefficient (Wildman–Crippen LogP) is 1.68. The van der Waals surface area contributed by atoms with Gasteiger partial charge in [-0.05, 0) is 38.0 Å². The molecule has 2 N–H and O–H groups in total. The van der Waals surface area contributed by atoms with Crippen LogP contribution in [0.1, 0.15) is 40.5 Å². The molecule has 0 aromatic heterocycles. The molecule has 1 heterocycles. The van der Waals surface area contributed by atoms with Gasteiger partial charge in [-0.25, -0.2) is 4.79 Å². The number of hydrogen-bond donors (Lipinski definition) is 2. The number of carbonyl (C=O) groups is 2. The van der Waals surface area contributed by atoms with E-state index in [-0.39, 0.29) is 23.6 Å². The van der Waals surface area contributed by atoms with E-state index in [2.05, 4.69) is 5.32 Å². The molecule has 1 saturated heterocycles. The van der Waals surface area contributed by atoms with E-state index in [1.807, 2.05) is 6.92 Å². The van der Waals surface area contributed by atoms with E-state index < -0.39 is 5.97 Å². The highest BCUT2D eigenvalue weighted by atomic mass is 16.5. The van der Waals surface area contributed by atoms with Gasteiger partial charge in [-0.15, -0.1) is 0 Å². The normalized spacial score (nSPS) is 19.9. The van der Waals surface area contributed by atoms with Gasteiger partial charge in [-0.3, -0.25) is 4.79 Å². The molecule has 1 aromatic rings. The molecule has 0 spiro atoms. The number of hydrogen-bond acceptors (Lipinski definition) is 3. The highest BCUT2D eigenvalue weighted by Gasteiger charge is 2.24. The molecular weight excluding hydrogens is 246 g/mol. The summed E-state index contributed by atoms with van der Waals surface area (Å²) in [5, 5.41) is 11.7. The van der Waals surface area contributed by atoms with Gasteiger partial charge in [0.25, 0.3) is 5.91 Å². The number of carbonyl (C=O) groups excluding carboxylic acids is 1. The maximum Gasteiger partial charge on any atom is 0.335 e. The summed E-state index contributed by atoms with van der Waals surface area (Å²) >= 11 is 0. The third-order valence-electron chi connectivity index (χ3n) is 3.25. The van der Waals surface area contributed by atoms with Crippen molar-refractivity contribution < 1.29 is 19.4 Å². The van der Waals surface area contributed by atoms with Crippen LogP contribution in [-0.4, -0.2) is 35.7 Å². The van der Waals surface area contributed by atoms with Crippen molar-refractivity contribution in [2.45, 2.75) is 31.9 Å². The number of aromatic carboxylic acids is 1. The molecule has 2 atom stereocenters. The molecule has 102 valence electrons. The largest absolute Gasteiger partial charge is 0.478 e. The minimum atomic E-state index is -1.04. The summed E-state index contributed by atoms with van der Waals surface area (Å²) < 4.78 is 5.50. The topological polar surface area (TPSA) is 75.6 Å². The van der Waals surface area contributed by atoms with Crippen molar-refractivity contribution in [2.24, 2.45) is 0 Å². The lowest BCUT2D eigenvalue weighted by Crippen LogP contribution is -2.40. The molecule has 5 nitrogen and oxygen atoms in total. The number of carboxylic acid groups (broad SMARTS) is 1. The van der Waals surface area contributed by atoms with Crippen LogP contribution in [0.2, 0.25) is 0 Å². The van der Waals surface area contributed by atoms with Crippen LogP contribution in [0.3, 0.4) is 0 Å². The summed E-state index contributed by atoms with van der Waals surface area (Å²) in [5.74, 6) is -1.31. The minimum Gasteiger partial charge on any atom is -0.478 e. The lowest BCUT2D eigenvalue weighted by atomic mass is 10.1. The van der Waals surface area contributed by atoms with Gasteiger partial charge >= 0.3 is 5.97 Å². The molecule has 1 aliphatic heterocycles. The Kier molecular flexibility index (Phi) is 4.16. The number of nitrogens with one attached hydrogen (secondary N) is 1.